The molecular weight excluding hydrogens is 400 g/mol. The largest absolute Gasteiger partial charge is 0.333 e. The number of hydrogen-bond donors (Lipinski definition) is 0. The van der Waals surface area contributed by atoms with E-state index in [2.05, 4.69) is 68.5 Å². The lowest BCUT2D eigenvalue weighted by Crippen LogP contribution is -2.50. The highest BCUT2D eigenvalue weighted by Crippen LogP contribution is 2.29. The van der Waals surface area contributed by atoms with Crippen molar-refractivity contribution < 1.29 is 4.79 Å². The molecule has 3 heterocycles. The van der Waals surface area contributed by atoms with Gasteiger partial charge >= 0.3 is 0 Å². The van der Waals surface area contributed by atoms with Crippen molar-refractivity contribution in [1.82, 2.24) is 29.4 Å². The van der Waals surface area contributed by atoms with Gasteiger partial charge in [0.2, 0.25) is 5.82 Å². The maximum absolute atomic E-state index is 13.1. The zero-order valence-electron chi connectivity index (χ0n) is 18.3. The summed E-state index contributed by atoms with van der Waals surface area (Å²) in [5, 5.41) is 4.42. The second kappa shape index (κ2) is 8.51. The molecule has 0 bridgehead atoms. The fraction of sp³-hybridized carbons (Fsp3) is 0.280. The van der Waals surface area contributed by atoms with Gasteiger partial charge in [-0.05, 0) is 31.0 Å². The van der Waals surface area contributed by atoms with E-state index in [0.29, 0.717) is 18.9 Å². The minimum Gasteiger partial charge on any atom is -0.333 e. The number of amides is 1. The van der Waals surface area contributed by atoms with Crippen LogP contribution in [0.1, 0.15) is 39.2 Å². The van der Waals surface area contributed by atoms with E-state index in [4.69, 9.17) is 0 Å². The number of carbonyl (C=O) groups excluding carboxylic acids is 1. The number of benzene rings is 2. The van der Waals surface area contributed by atoms with Crippen molar-refractivity contribution in [3.8, 4) is 0 Å². The lowest BCUT2D eigenvalue weighted by molar-refractivity contribution is 0.0586. The maximum Gasteiger partial charge on any atom is 0.293 e. The number of aromatic nitrogens is 4. The highest BCUT2D eigenvalue weighted by Gasteiger charge is 2.30. The van der Waals surface area contributed by atoms with Crippen LogP contribution in [0.4, 0.5) is 0 Å². The van der Waals surface area contributed by atoms with Crippen LogP contribution in [0.15, 0.2) is 66.7 Å². The van der Waals surface area contributed by atoms with Crippen LogP contribution in [0.25, 0.3) is 5.78 Å². The third kappa shape index (κ3) is 3.87. The molecule has 0 radical (unpaired) electrons. The van der Waals surface area contributed by atoms with Crippen LogP contribution in [-0.2, 0) is 0 Å². The quantitative estimate of drug-likeness (QED) is 0.501. The monoisotopic (exact) mass is 426 g/mol. The van der Waals surface area contributed by atoms with E-state index in [1.807, 2.05) is 36.9 Å². The third-order valence-electron chi connectivity index (χ3n) is 6.01. The first kappa shape index (κ1) is 20.3. The highest BCUT2D eigenvalue weighted by molar-refractivity contribution is 5.91. The number of rotatable bonds is 4. The van der Waals surface area contributed by atoms with Crippen LogP contribution in [0.5, 0.6) is 0 Å². The number of carbonyl (C=O) groups is 1. The zero-order valence-corrected chi connectivity index (χ0v) is 18.3. The van der Waals surface area contributed by atoms with Crippen molar-refractivity contribution in [2.24, 2.45) is 0 Å². The molecule has 1 amide bonds. The van der Waals surface area contributed by atoms with Crippen LogP contribution >= 0.6 is 0 Å². The predicted octanol–water partition coefficient (Wildman–Crippen LogP) is 3.29. The van der Waals surface area contributed by atoms with Gasteiger partial charge in [0.05, 0.1) is 6.04 Å². The Kier molecular flexibility index (Phi) is 5.41. The predicted molar refractivity (Wildman–Crippen MR) is 122 cm³/mol. The molecule has 7 heteroatoms. The molecule has 7 nitrogen and oxygen atoms in total. The van der Waals surface area contributed by atoms with E-state index in [0.717, 1.165) is 24.5 Å². The normalized spacial score (nSPS) is 14.9. The molecule has 162 valence electrons. The van der Waals surface area contributed by atoms with Crippen molar-refractivity contribution >= 4 is 11.7 Å². The van der Waals surface area contributed by atoms with Crippen molar-refractivity contribution in [1.29, 1.82) is 0 Å². The van der Waals surface area contributed by atoms with E-state index in [1.165, 1.54) is 11.1 Å². The lowest BCUT2D eigenvalue weighted by Gasteiger charge is -2.39. The molecule has 1 aliphatic rings. The Bertz CT molecular complexity index is 1190. The van der Waals surface area contributed by atoms with Crippen LogP contribution in [0.2, 0.25) is 0 Å². The fourth-order valence-electron chi connectivity index (χ4n) is 4.47. The Morgan fingerprint density at radius 1 is 0.844 bits per heavy atom. The summed E-state index contributed by atoms with van der Waals surface area (Å²) in [6.45, 7) is 6.69. The summed E-state index contributed by atoms with van der Waals surface area (Å²) in [5.74, 6) is 0.545. The van der Waals surface area contributed by atoms with Gasteiger partial charge in [0.1, 0.15) is 0 Å². The second-order valence-corrected chi connectivity index (χ2v) is 8.24. The Balaban J connectivity index is 1.35. The first-order valence-electron chi connectivity index (χ1n) is 10.9. The summed E-state index contributed by atoms with van der Waals surface area (Å²) >= 11 is 0. The van der Waals surface area contributed by atoms with Crippen molar-refractivity contribution in [3.05, 3.63) is 95.1 Å². The van der Waals surface area contributed by atoms with Gasteiger partial charge < -0.3 is 4.90 Å². The molecule has 1 aliphatic heterocycles. The number of nitrogens with zero attached hydrogens (tertiary/aromatic N) is 6. The lowest BCUT2D eigenvalue weighted by atomic mass is 9.96. The Morgan fingerprint density at radius 2 is 1.44 bits per heavy atom. The molecule has 0 spiro atoms. The van der Waals surface area contributed by atoms with Gasteiger partial charge in [0.15, 0.2) is 0 Å². The molecule has 32 heavy (non-hydrogen) atoms. The zero-order chi connectivity index (χ0) is 22.1. The van der Waals surface area contributed by atoms with Gasteiger partial charge in [-0.2, -0.15) is 4.98 Å². The molecule has 2 aromatic carbocycles. The van der Waals surface area contributed by atoms with Crippen LogP contribution in [0.3, 0.4) is 0 Å². The summed E-state index contributed by atoms with van der Waals surface area (Å²) in [6, 6.07) is 23.2. The molecule has 0 saturated carbocycles. The Morgan fingerprint density at radius 3 is 2.03 bits per heavy atom. The molecule has 4 aromatic rings. The van der Waals surface area contributed by atoms with E-state index in [1.54, 1.807) is 4.52 Å². The standard InChI is InChI=1S/C25H26N6O/c1-18-17-19(2)31-25(26-18)27-23(28-31)24(32)30-15-13-29(14-16-30)22(20-9-5-3-6-10-20)21-11-7-4-8-12-21/h3-12,17,22H,13-16H2,1-2H3. The third-order valence-corrected chi connectivity index (χ3v) is 6.01. The molecule has 0 N–H and O–H groups in total. The minimum absolute atomic E-state index is 0.136. The second-order valence-electron chi connectivity index (χ2n) is 8.24. The molecule has 0 atom stereocenters. The minimum atomic E-state index is -0.136. The average Bonchev–Trinajstić information content (AvgIpc) is 3.25. The smallest absolute Gasteiger partial charge is 0.293 e. The van der Waals surface area contributed by atoms with E-state index < -0.39 is 0 Å². The van der Waals surface area contributed by atoms with E-state index >= 15 is 0 Å². The maximum atomic E-state index is 13.1. The highest BCUT2D eigenvalue weighted by atomic mass is 16.2. The average molecular weight is 427 g/mol. The van der Waals surface area contributed by atoms with Crippen LogP contribution in [0, 0.1) is 13.8 Å². The SMILES string of the molecule is Cc1cc(C)n2nc(C(=O)N3CCN(C(c4ccccc4)c4ccccc4)CC3)nc2n1. The number of fused-ring (bicyclic) bond motifs is 1. The van der Waals surface area contributed by atoms with Gasteiger partial charge in [0.25, 0.3) is 11.7 Å². The summed E-state index contributed by atoms with van der Waals surface area (Å²) in [7, 11) is 0. The van der Waals surface area contributed by atoms with Gasteiger partial charge in [-0.3, -0.25) is 9.69 Å². The van der Waals surface area contributed by atoms with Crippen LogP contribution in [-0.4, -0.2) is 61.5 Å². The number of hydrogen-bond acceptors (Lipinski definition) is 5. The van der Waals surface area contributed by atoms with Gasteiger partial charge in [0, 0.05) is 37.6 Å². The molecule has 2 aromatic heterocycles. The number of aryl methyl sites for hydroxylation is 2. The molecule has 0 unspecified atom stereocenters. The van der Waals surface area contributed by atoms with Crippen molar-refractivity contribution in [2.45, 2.75) is 19.9 Å². The fourth-order valence-corrected chi connectivity index (χ4v) is 4.47. The molecule has 1 saturated heterocycles. The summed E-state index contributed by atoms with van der Waals surface area (Å²) in [4.78, 5) is 26.2. The van der Waals surface area contributed by atoms with Crippen molar-refractivity contribution in [2.75, 3.05) is 26.2 Å². The van der Waals surface area contributed by atoms with Crippen molar-refractivity contribution in [3.63, 3.8) is 0 Å². The van der Waals surface area contributed by atoms with Crippen LogP contribution < -0.4 is 0 Å². The summed E-state index contributed by atoms with van der Waals surface area (Å²) < 4.78 is 1.64. The Hall–Kier alpha value is -3.58. The topological polar surface area (TPSA) is 66.6 Å². The first-order chi connectivity index (χ1) is 15.6. The molecular formula is C25H26N6O. The number of piperazine rings is 1. The molecule has 0 aliphatic carbocycles. The van der Waals surface area contributed by atoms with Gasteiger partial charge in [-0.1, -0.05) is 60.7 Å². The summed E-state index contributed by atoms with van der Waals surface area (Å²) in [5.41, 5.74) is 4.30. The first-order valence-corrected chi connectivity index (χ1v) is 10.9. The Labute approximate surface area is 187 Å². The summed E-state index contributed by atoms with van der Waals surface area (Å²) in [6.07, 6.45) is 0. The molecule has 5 rings (SSSR count). The van der Waals surface area contributed by atoms with E-state index in [9.17, 15) is 4.79 Å². The van der Waals surface area contributed by atoms with Gasteiger partial charge in [-0.15, -0.1) is 5.10 Å². The van der Waals surface area contributed by atoms with Gasteiger partial charge in [-0.25, -0.2) is 9.50 Å². The van der Waals surface area contributed by atoms with E-state index in [-0.39, 0.29) is 17.8 Å². The molecule has 1 fully saturated rings.